The van der Waals surface area contributed by atoms with Gasteiger partial charge in [-0.15, -0.1) is 24.8 Å². The van der Waals surface area contributed by atoms with E-state index >= 15 is 0 Å². The molecule has 0 spiro atoms. The highest BCUT2D eigenvalue weighted by Gasteiger charge is 2.14. The van der Waals surface area contributed by atoms with E-state index in [1.165, 1.54) is 5.56 Å². The maximum absolute atomic E-state index is 12.3. The summed E-state index contributed by atoms with van der Waals surface area (Å²) >= 11 is 0. The Hall–Kier alpha value is -1.75. The molecule has 0 radical (unpaired) electrons. The Balaban J connectivity index is 0.00000312. The Morgan fingerprint density at radius 1 is 1.04 bits per heavy atom. The number of nitrogen functional groups attached to an aromatic ring is 1. The normalized spacial score (nSPS) is 11.2. The molecule has 4 nitrogen and oxygen atoms in total. The van der Waals surface area contributed by atoms with Crippen molar-refractivity contribution in [3.05, 3.63) is 65.7 Å². The number of aryl methyl sites for hydroxylation is 1. The lowest BCUT2D eigenvalue weighted by molar-refractivity contribution is -0.121. The molecule has 0 saturated carbocycles. The highest BCUT2D eigenvalue weighted by molar-refractivity contribution is 5.85. The number of benzene rings is 2. The van der Waals surface area contributed by atoms with Crippen LogP contribution in [0.1, 0.15) is 17.5 Å². The summed E-state index contributed by atoms with van der Waals surface area (Å²) in [6.07, 6.45) is 1.95. The predicted molar refractivity (Wildman–Crippen MR) is 114 cm³/mol. The molecule has 6 heteroatoms. The lowest BCUT2D eigenvalue weighted by Crippen LogP contribution is -2.43. The van der Waals surface area contributed by atoms with Crippen LogP contribution in [0, 0.1) is 0 Å². The van der Waals surface area contributed by atoms with Crippen LogP contribution in [0.15, 0.2) is 54.6 Å². The van der Waals surface area contributed by atoms with Crippen LogP contribution in [0.2, 0.25) is 0 Å². The molecule has 144 valence electrons. The zero-order valence-corrected chi connectivity index (χ0v) is 17.0. The molecule has 0 bridgehead atoms. The summed E-state index contributed by atoms with van der Waals surface area (Å²) in [6, 6.07) is 18.1. The van der Waals surface area contributed by atoms with Crippen LogP contribution in [0.25, 0.3) is 0 Å². The first-order valence-electron chi connectivity index (χ1n) is 8.36. The zero-order valence-electron chi connectivity index (χ0n) is 15.4. The van der Waals surface area contributed by atoms with Crippen molar-refractivity contribution in [3.8, 4) is 0 Å². The van der Waals surface area contributed by atoms with E-state index in [-0.39, 0.29) is 36.8 Å². The van der Waals surface area contributed by atoms with E-state index in [1.54, 1.807) is 0 Å². The van der Waals surface area contributed by atoms with Gasteiger partial charge in [0.2, 0.25) is 5.91 Å². The first-order chi connectivity index (χ1) is 11.5. The lowest BCUT2D eigenvalue weighted by Gasteiger charge is -2.22. The number of likely N-dealkylation sites (N-methyl/N-ethyl adjacent to an activating group) is 1. The summed E-state index contributed by atoms with van der Waals surface area (Å²) in [5.41, 5.74) is 8.95. The van der Waals surface area contributed by atoms with Crippen molar-refractivity contribution in [2.75, 3.05) is 26.4 Å². The third kappa shape index (κ3) is 8.56. The van der Waals surface area contributed by atoms with E-state index in [2.05, 4.69) is 22.3 Å². The molecule has 26 heavy (non-hydrogen) atoms. The second-order valence-corrected chi connectivity index (χ2v) is 6.42. The van der Waals surface area contributed by atoms with Gasteiger partial charge in [-0.25, -0.2) is 0 Å². The van der Waals surface area contributed by atoms with Crippen LogP contribution in [0.4, 0.5) is 5.69 Å². The van der Waals surface area contributed by atoms with E-state index < -0.39 is 0 Å². The summed E-state index contributed by atoms with van der Waals surface area (Å²) in [5, 5.41) is 3.17. The van der Waals surface area contributed by atoms with E-state index in [9.17, 15) is 4.79 Å². The SMILES string of the molecule is CN(C)CC(Cc1ccccc1)NC(=O)CCc1ccccc1N.Cl.Cl. The fourth-order valence-corrected chi connectivity index (χ4v) is 2.81. The fourth-order valence-electron chi connectivity index (χ4n) is 2.81. The molecule has 0 saturated heterocycles. The molecule has 0 fully saturated rings. The van der Waals surface area contributed by atoms with Crippen molar-refractivity contribution < 1.29 is 4.79 Å². The predicted octanol–water partition coefficient (Wildman–Crippen LogP) is 3.33. The van der Waals surface area contributed by atoms with Gasteiger partial charge in [-0.1, -0.05) is 48.5 Å². The number of anilines is 1. The Morgan fingerprint density at radius 3 is 2.27 bits per heavy atom. The van der Waals surface area contributed by atoms with E-state index in [4.69, 9.17) is 5.73 Å². The molecule has 0 aliphatic heterocycles. The molecule has 2 aromatic carbocycles. The Labute approximate surface area is 169 Å². The molecular formula is C20H29Cl2N3O. The Bertz CT molecular complexity index is 651. The highest BCUT2D eigenvalue weighted by atomic mass is 35.5. The molecule has 2 aromatic rings. The highest BCUT2D eigenvalue weighted by Crippen LogP contribution is 2.12. The number of rotatable bonds is 8. The minimum atomic E-state index is 0. The van der Waals surface area contributed by atoms with E-state index in [0.29, 0.717) is 12.8 Å². The molecule has 0 aliphatic rings. The summed E-state index contributed by atoms with van der Waals surface area (Å²) in [4.78, 5) is 14.4. The van der Waals surface area contributed by atoms with Gasteiger partial charge in [0.1, 0.15) is 0 Å². The average Bonchev–Trinajstić information content (AvgIpc) is 2.54. The number of nitrogens with one attached hydrogen (secondary N) is 1. The van der Waals surface area contributed by atoms with Gasteiger partial charge in [0, 0.05) is 24.7 Å². The Kier molecular flexibility index (Phi) is 11.7. The van der Waals surface area contributed by atoms with Gasteiger partial charge in [0.15, 0.2) is 0 Å². The molecule has 1 amide bonds. The van der Waals surface area contributed by atoms with Crippen molar-refractivity contribution in [1.29, 1.82) is 0 Å². The van der Waals surface area contributed by atoms with Gasteiger partial charge < -0.3 is 16.0 Å². The smallest absolute Gasteiger partial charge is 0.220 e. The van der Waals surface area contributed by atoms with E-state index in [0.717, 1.165) is 24.2 Å². The first kappa shape index (κ1) is 24.2. The van der Waals surface area contributed by atoms with Crippen molar-refractivity contribution in [3.63, 3.8) is 0 Å². The van der Waals surface area contributed by atoms with Crippen LogP contribution >= 0.6 is 24.8 Å². The molecule has 3 N–H and O–H groups in total. The van der Waals surface area contributed by atoms with Crippen LogP contribution in [0.5, 0.6) is 0 Å². The van der Waals surface area contributed by atoms with Crippen LogP contribution < -0.4 is 11.1 Å². The number of carbonyl (C=O) groups is 1. The minimum Gasteiger partial charge on any atom is -0.399 e. The largest absolute Gasteiger partial charge is 0.399 e. The quantitative estimate of drug-likeness (QED) is 0.671. The topological polar surface area (TPSA) is 58.4 Å². The first-order valence-corrected chi connectivity index (χ1v) is 8.36. The summed E-state index contributed by atoms with van der Waals surface area (Å²) in [7, 11) is 4.05. The van der Waals surface area contributed by atoms with Crippen LogP contribution in [-0.2, 0) is 17.6 Å². The maximum Gasteiger partial charge on any atom is 0.220 e. The van der Waals surface area contributed by atoms with Gasteiger partial charge in [0.05, 0.1) is 0 Å². The fraction of sp³-hybridized carbons (Fsp3) is 0.350. The van der Waals surface area contributed by atoms with Gasteiger partial charge in [0.25, 0.3) is 0 Å². The summed E-state index contributed by atoms with van der Waals surface area (Å²) in [6.45, 7) is 0.814. The van der Waals surface area contributed by atoms with Crippen molar-refractivity contribution in [2.45, 2.75) is 25.3 Å². The van der Waals surface area contributed by atoms with Crippen molar-refractivity contribution >= 4 is 36.4 Å². The minimum absolute atomic E-state index is 0. The van der Waals surface area contributed by atoms with Gasteiger partial charge >= 0.3 is 0 Å². The number of carbonyl (C=O) groups excluding carboxylic acids is 1. The molecule has 0 heterocycles. The number of para-hydroxylation sites is 1. The molecule has 1 atom stereocenters. The molecular weight excluding hydrogens is 369 g/mol. The second kappa shape index (κ2) is 12.6. The van der Waals surface area contributed by atoms with Crippen molar-refractivity contribution in [2.24, 2.45) is 0 Å². The number of nitrogens with two attached hydrogens (primary N) is 1. The van der Waals surface area contributed by atoms with Crippen molar-refractivity contribution in [1.82, 2.24) is 10.2 Å². The third-order valence-corrected chi connectivity index (χ3v) is 3.95. The molecule has 1 unspecified atom stereocenters. The number of halogens is 2. The van der Waals surface area contributed by atoms with Crippen LogP contribution in [0.3, 0.4) is 0 Å². The standard InChI is InChI=1S/C20H27N3O.2ClH/c1-23(2)15-18(14-16-8-4-3-5-9-16)22-20(24)13-12-17-10-6-7-11-19(17)21;;/h3-11,18H,12-15,21H2,1-2H3,(H,22,24);2*1H. The van der Waals surface area contributed by atoms with Gasteiger partial charge in [-0.3, -0.25) is 4.79 Å². The Morgan fingerprint density at radius 2 is 1.65 bits per heavy atom. The molecule has 0 aliphatic carbocycles. The number of hydrogen-bond donors (Lipinski definition) is 2. The molecule has 2 rings (SSSR count). The summed E-state index contributed by atoms with van der Waals surface area (Å²) < 4.78 is 0. The number of nitrogens with zero attached hydrogens (tertiary/aromatic N) is 1. The van der Waals surface area contributed by atoms with Gasteiger partial charge in [-0.05, 0) is 44.1 Å². The second-order valence-electron chi connectivity index (χ2n) is 6.42. The summed E-state index contributed by atoms with van der Waals surface area (Å²) in [5.74, 6) is 0.0704. The average molecular weight is 398 g/mol. The maximum atomic E-state index is 12.3. The van der Waals surface area contributed by atoms with Crippen LogP contribution in [-0.4, -0.2) is 37.5 Å². The monoisotopic (exact) mass is 397 g/mol. The third-order valence-electron chi connectivity index (χ3n) is 3.95. The van der Waals surface area contributed by atoms with Gasteiger partial charge in [-0.2, -0.15) is 0 Å². The zero-order chi connectivity index (χ0) is 17.4. The molecule has 0 aromatic heterocycles. The number of hydrogen-bond acceptors (Lipinski definition) is 3. The lowest BCUT2D eigenvalue weighted by atomic mass is 10.0. The number of amides is 1. The van der Waals surface area contributed by atoms with E-state index in [1.807, 2.05) is 56.6 Å².